The number of urea groups is 1. The summed E-state index contributed by atoms with van der Waals surface area (Å²) < 4.78 is 3.33. The predicted molar refractivity (Wildman–Crippen MR) is 92.9 cm³/mol. The van der Waals surface area contributed by atoms with Gasteiger partial charge in [-0.1, -0.05) is 23.5 Å². The van der Waals surface area contributed by atoms with Gasteiger partial charge < -0.3 is 9.47 Å². The number of thiazole rings is 1. The zero-order valence-electron chi connectivity index (χ0n) is 12.7. The summed E-state index contributed by atoms with van der Waals surface area (Å²) in [5.41, 5.74) is 0.930. The van der Waals surface area contributed by atoms with Gasteiger partial charge in [0.25, 0.3) is 0 Å². The third-order valence-corrected chi connectivity index (χ3v) is 5.26. The van der Waals surface area contributed by atoms with Crippen LogP contribution < -0.4 is 5.32 Å². The van der Waals surface area contributed by atoms with E-state index >= 15 is 0 Å². The van der Waals surface area contributed by atoms with Crippen molar-refractivity contribution in [2.75, 3.05) is 18.4 Å². The van der Waals surface area contributed by atoms with E-state index in [-0.39, 0.29) is 6.03 Å². The van der Waals surface area contributed by atoms with Crippen molar-refractivity contribution in [1.29, 1.82) is 0 Å². The van der Waals surface area contributed by atoms with Gasteiger partial charge in [-0.25, -0.2) is 9.78 Å². The van der Waals surface area contributed by atoms with Crippen molar-refractivity contribution in [2.45, 2.75) is 18.9 Å². The molecule has 0 bridgehead atoms. The van der Waals surface area contributed by atoms with Gasteiger partial charge in [0.15, 0.2) is 5.13 Å². The maximum Gasteiger partial charge on any atom is 0.323 e. The van der Waals surface area contributed by atoms with Gasteiger partial charge >= 0.3 is 6.03 Å². The Bertz CT molecular complexity index is 770. The minimum Gasteiger partial charge on any atom is -0.351 e. The van der Waals surface area contributed by atoms with E-state index in [9.17, 15) is 4.79 Å². The number of para-hydroxylation sites is 1. The maximum absolute atomic E-state index is 12.4. The predicted octanol–water partition coefficient (Wildman–Crippen LogP) is 3.97. The minimum absolute atomic E-state index is 0.0463. The van der Waals surface area contributed by atoms with Crippen LogP contribution in [-0.2, 0) is 0 Å². The van der Waals surface area contributed by atoms with Crippen LogP contribution >= 0.6 is 11.3 Å². The van der Waals surface area contributed by atoms with Crippen molar-refractivity contribution in [1.82, 2.24) is 14.5 Å². The van der Waals surface area contributed by atoms with Crippen LogP contribution in [0.3, 0.4) is 0 Å². The molecule has 0 unspecified atom stereocenters. The van der Waals surface area contributed by atoms with Crippen molar-refractivity contribution in [3.05, 3.63) is 48.8 Å². The number of nitrogens with one attached hydrogen (secondary N) is 1. The highest BCUT2D eigenvalue weighted by Gasteiger charge is 2.23. The second-order valence-corrected chi connectivity index (χ2v) is 6.80. The Hall–Kier alpha value is -2.34. The van der Waals surface area contributed by atoms with Crippen LogP contribution in [0.25, 0.3) is 10.2 Å². The lowest BCUT2D eigenvalue weighted by Crippen LogP contribution is -2.41. The number of carbonyl (C=O) groups is 1. The molecule has 3 aromatic rings. The van der Waals surface area contributed by atoms with E-state index < -0.39 is 0 Å². The van der Waals surface area contributed by atoms with Crippen LogP contribution in [0.2, 0.25) is 0 Å². The molecule has 118 valence electrons. The number of hydrogen-bond donors (Lipinski definition) is 1. The summed E-state index contributed by atoms with van der Waals surface area (Å²) in [5.74, 6) is 0. The highest BCUT2D eigenvalue weighted by molar-refractivity contribution is 7.22. The second-order valence-electron chi connectivity index (χ2n) is 5.77. The molecule has 0 aliphatic carbocycles. The summed E-state index contributed by atoms with van der Waals surface area (Å²) in [7, 11) is 0. The first-order valence-electron chi connectivity index (χ1n) is 7.83. The summed E-state index contributed by atoms with van der Waals surface area (Å²) >= 11 is 1.51. The number of anilines is 1. The number of nitrogens with zero attached hydrogens (tertiary/aromatic N) is 3. The number of likely N-dealkylation sites (tertiary alicyclic amines) is 1. The first-order chi connectivity index (χ1) is 11.3. The lowest BCUT2D eigenvalue weighted by molar-refractivity contribution is 0.184. The summed E-state index contributed by atoms with van der Waals surface area (Å²) in [6.07, 6.45) is 6.17. The van der Waals surface area contributed by atoms with Gasteiger partial charge in [0.05, 0.1) is 10.2 Å². The average Bonchev–Trinajstić information content (AvgIpc) is 3.24. The molecular weight excluding hydrogens is 308 g/mol. The Labute approximate surface area is 138 Å². The van der Waals surface area contributed by atoms with Crippen LogP contribution in [0.4, 0.5) is 9.93 Å². The van der Waals surface area contributed by atoms with E-state index in [1.54, 1.807) is 0 Å². The van der Waals surface area contributed by atoms with Crippen LogP contribution in [0.5, 0.6) is 0 Å². The second kappa shape index (κ2) is 6.04. The molecule has 6 heteroatoms. The Kier molecular flexibility index (Phi) is 3.75. The van der Waals surface area contributed by atoms with Gasteiger partial charge in [0.1, 0.15) is 0 Å². The summed E-state index contributed by atoms with van der Waals surface area (Å²) in [6.45, 7) is 1.55. The summed E-state index contributed by atoms with van der Waals surface area (Å²) in [6, 6.07) is 12.5. The maximum atomic E-state index is 12.4. The van der Waals surface area contributed by atoms with Crippen LogP contribution in [0.15, 0.2) is 48.8 Å². The fraction of sp³-hybridized carbons (Fsp3) is 0.294. The minimum atomic E-state index is -0.0463. The Balaban J connectivity index is 1.38. The quantitative estimate of drug-likeness (QED) is 0.775. The number of aromatic nitrogens is 2. The Morgan fingerprint density at radius 1 is 1.13 bits per heavy atom. The van der Waals surface area contributed by atoms with Crippen LogP contribution in [0.1, 0.15) is 18.9 Å². The molecule has 0 spiro atoms. The molecule has 5 nitrogen and oxygen atoms in total. The zero-order chi connectivity index (χ0) is 15.6. The molecule has 1 aliphatic rings. The first-order valence-corrected chi connectivity index (χ1v) is 8.65. The number of benzene rings is 1. The van der Waals surface area contributed by atoms with E-state index in [0.717, 1.165) is 36.1 Å². The van der Waals surface area contributed by atoms with Gasteiger partial charge in [-0.3, -0.25) is 5.32 Å². The molecule has 0 saturated carbocycles. The normalized spacial score (nSPS) is 15.9. The molecule has 2 amide bonds. The van der Waals surface area contributed by atoms with E-state index in [4.69, 9.17) is 0 Å². The van der Waals surface area contributed by atoms with Crippen molar-refractivity contribution in [3.63, 3.8) is 0 Å². The van der Waals surface area contributed by atoms with Gasteiger partial charge in [-0.15, -0.1) is 0 Å². The lowest BCUT2D eigenvalue weighted by atomic mass is 10.1. The summed E-state index contributed by atoms with van der Waals surface area (Å²) in [5, 5.41) is 3.61. The van der Waals surface area contributed by atoms with Gasteiger partial charge in [0, 0.05) is 31.5 Å². The van der Waals surface area contributed by atoms with Gasteiger partial charge in [0.2, 0.25) is 0 Å². The van der Waals surface area contributed by atoms with Crippen LogP contribution in [-0.4, -0.2) is 33.6 Å². The molecule has 3 heterocycles. The highest BCUT2D eigenvalue weighted by atomic mass is 32.1. The fourth-order valence-corrected chi connectivity index (χ4v) is 3.91. The zero-order valence-corrected chi connectivity index (χ0v) is 13.5. The SMILES string of the molecule is O=C(Nc1nc2ccccc2s1)N1CCC(n2cccc2)CC1. The smallest absolute Gasteiger partial charge is 0.323 e. The monoisotopic (exact) mass is 326 g/mol. The standard InChI is InChI=1S/C17H18N4OS/c22-17(19-16-18-14-5-1-2-6-15(14)23-16)21-11-7-13(8-12-21)20-9-3-4-10-20/h1-6,9-10,13H,7-8,11-12H2,(H,18,19,22). The molecule has 1 aliphatic heterocycles. The largest absolute Gasteiger partial charge is 0.351 e. The molecule has 1 aromatic carbocycles. The number of rotatable bonds is 2. The molecule has 0 atom stereocenters. The highest BCUT2D eigenvalue weighted by Crippen LogP contribution is 2.27. The van der Waals surface area contributed by atoms with Crippen molar-refractivity contribution < 1.29 is 4.79 Å². The van der Waals surface area contributed by atoms with Gasteiger partial charge in [-0.2, -0.15) is 0 Å². The number of piperidine rings is 1. The van der Waals surface area contributed by atoms with E-state index in [1.165, 1.54) is 11.3 Å². The molecule has 1 N–H and O–H groups in total. The van der Waals surface area contributed by atoms with Crippen molar-refractivity contribution in [3.8, 4) is 0 Å². The number of fused-ring (bicyclic) bond motifs is 1. The fourth-order valence-electron chi connectivity index (χ4n) is 3.05. The third-order valence-electron chi connectivity index (χ3n) is 4.31. The molecule has 2 aromatic heterocycles. The lowest BCUT2D eigenvalue weighted by Gasteiger charge is -2.32. The van der Waals surface area contributed by atoms with E-state index in [1.807, 2.05) is 41.3 Å². The van der Waals surface area contributed by atoms with E-state index in [2.05, 4.69) is 27.3 Å². The molecule has 0 radical (unpaired) electrons. The van der Waals surface area contributed by atoms with Crippen molar-refractivity contribution >= 4 is 32.7 Å². The van der Waals surface area contributed by atoms with Crippen molar-refractivity contribution in [2.24, 2.45) is 0 Å². The molecule has 1 fully saturated rings. The topological polar surface area (TPSA) is 50.2 Å². The molecule has 23 heavy (non-hydrogen) atoms. The first kappa shape index (κ1) is 14.3. The van der Waals surface area contributed by atoms with Crippen LogP contribution in [0, 0.1) is 0 Å². The summed E-state index contributed by atoms with van der Waals surface area (Å²) in [4.78, 5) is 18.8. The third kappa shape index (κ3) is 2.94. The molecule has 1 saturated heterocycles. The molecule has 4 rings (SSSR count). The Morgan fingerprint density at radius 2 is 1.87 bits per heavy atom. The van der Waals surface area contributed by atoms with Gasteiger partial charge in [-0.05, 0) is 37.1 Å². The number of amides is 2. The Morgan fingerprint density at radius 3 is 2.61 bits per heavy atom. The average molecular weight is 326 g/mol. The van der Waals surface area contributed by atoms with E-state index in [0.29, 0.717) is 11.2 Å². The number of hydrogen-bond acceptors (Lipinski definition) is 3. The molecular formula is C17H18N4OS. The number of carbonyl (C=O) groups excluding carboxylic acids is 1.